The molecule has 0 spiro atoms. The predicted octanol–water partition coefficient (Wildman–Crippen LogP) is 4.87. The zero-order valence-electron chi connectivity index (χ0n) is 10.6. The number of carbonyl (C=O) groups is 1. The molecule has 0 atom stereocenters. The predicted molar refractivity (Wildman–Crippen MR) is 82.7 cm³/mol. The van der Waals surface area contributed by atoms with Gasteiger partial charge in [-0.05, 0) is 71.2 Å². The maximum Gasteiger partial charge on any atom is 0.193 e. The summed E-state index contributed by atoms with van der Waals surface area (Å²) >= 11 is 9.26. The van der Waals surface area contributed by atoms with Crippen LogP contribution in [0.2, 0.25) is 5.02 Å². The van der Waals surface area contributed by atoms with E-state index in [1.54, 1.807) is 30.3 Å². The smallest absolute Gasteiger partial charge is 0.193 e. The van der Waals surface area contributed by atoms with E-state index in [-0.39, 0.29) is 5.78 Å². The second kappa shape index (κ2) is 5.58. The molecule has 4 heteroatoms. The van der Waals surface area contributed by atoms with Crippen molar-refractivity contribution in [3.8, 4) is 5.75 Å². The first-order chi connectivity index (χ1) is 9.63. The van der Waals surface area contributed by atoms with Gasteiger partial charge in [0.05, 0.1) is 11.1 Å². The van der Waals surface area contributed by atoms with Crippen LogP contribution in [0.25, 0.3) is 0 Å². The van der Waals surface area contributed by atoms with Crippen molar-refractivity contribution in [2.24, 2.45) is 0 Å². The van der Waals surface area contributed by atoms with E-state index in [0.29, 0.717) is 22.3 Å². The van der Waals surface area contributed by atoms with E-state index >= 15 is 0 Å². The van der Waals surface area contributed by atoms with Gasteiger partial charge in [0.1, 0.15) is 5.75 Å². The third-order valence-electron chi connectivity index (χ3n) is 3.13. The lowest BCUT2D eigenvalue weighted by Gasteiger charge is -2.06. The van der Waals surface area contributed by atoms with Crippen molar-refractivity contribution in [3.05, 3.63) is 63.1 Å². The summed E-state index contributed by atoms with van der Waals surface area (Å²) in [6.45, 7) is 0. The average Bonchev–Trinajstić information content (AvgIpc) is 3.26. The van der Waals surface area contributed by atoms with Crippen LogP contribution in [0.1, 0.15) is 28.8 Å². The van der Waals surface area contributed by atoms with Gasteiger partial charge in [-0.1, -0.05) is 11.6 Å². The fourth-order valence-electron chi connectivity index (χ4n) is 1.87. The molecule has 0 amide bonds. The second-order valence-electron chi connectivity index (χ2n) is 4.80. The van der Waals surface area contributed by atoms with Crippen molar-refractivity contribution in [1.82, 2.24) is 0 Å². The van der Waals surface area contributed by atoms with E-state index in [4.69, 9.17) is 16.3 Å². The largest absolute Gasteiger partial charge is 0.490 e. The van der Waals surface area contributed by atoms with Gasteiger partial charge < -0.3 is 4.74 Å². The summed E-state index contributed by atoms with van der Waals surface area (Å²) in [6.07, 6.45) is 2.61. The molecule has 2 nitrogen and oxygen atoms in total. The minimum absolute atomic E-state index is 0.0275. The minimum Gasteiger partial charge on any atom is -0.490 e. The molecule has 0 aliphatic heterocycles. The van der Waals surface area contributed by atoms with Crippen LogP contribution in [0.3, 0.4) is 0 Å². The second-order valence-corrected chi connectivity index (χ2v) is 6.06. The lowest BCUT2D eigenvalue weighted by atomic mass is 10.0. The Morgan fingerprint density at radius 1 is 1.10 bits per heavy atom. The van der Waals surface area contributed by atoms with Crippen LogP contribution < -0.4 is 4.74 Å². The SMILES string of the molecule is O=C(c1ccc(OC2CC2)cc1)c1ccc(Cl)c(Br)c1. The van der Waals surface area contributed by atoms with Crippen molar-refractivity contribution in [2.45, 2.75) is 18.9 Å². The number of halogens is 2. The van der Waals surface area contributed by atoms with Crippen molar-refractivity contribution in [1.29, 1.82) is 0 Å². The third kappa shape index (κ3) is 3.05. The topological polar surface area (TPSA) is 26.3 Å². The van der Waals surface area contributed by atoms with Crippen LogP contribution in [0.5, 0.6) is 5.75 Å². The summed E-state index contributed by atoms with van der Waals surface area (Å²) < 4.78 is 6.39. The highest BCUT2D eigenvalue weighted by molar-refractivity contribution is 9.10. The molecule has 2 aromatic rings. The average molecular weight is 352 g/mol. The van der Waals surface area contributed by atoms with Crippen LogP contribution in [0, 0.1) is 0 Å². The van der Waals surface area contributed by atoms with Gasteiger partial charge in [0.2, 0.25) is 0 Å². The van der Waals surface area contributed by atoms with E-state index in [2.05, 4.69) is 15.9 Å². The van der Waals surface area contributed by atoms with Gasteiger partial charge in [0.25, 0.3) is 0 Å². The molecule has 1 saturated carbocycles. The van der Waals surface area contributed by atoms with Gasteiger partial charge in [-0.2, -0.15) is 0 Å². The van der Waals surface area contributed by atoms with E-state index in [1.807, 2.05) is 12.1 Å². The molecule has 0 unspecified atom stereocenters. The lowest BCUT2D eigenvalue weighted by Crippen LogP contribution is -2.02. The first-order valence-electron chi connectivity index (χ1n) is 6.40. The van der Waals surface area contributed by atoms with E-state index in [0.717, 1.165) is 23.1 Å². The summed E-state index contributed by atoms with van der Waals surface area (Å²) in [4.78, 5) is 12.4. The molecule has 2 aromatic carbocycles. The molecule has 0 radical (unpaired) electrons. The molecular formula is C16H12BrClO2. The molecule has 1 aliphatic carbocycles. The molecule has 0 saturated heterocycles. The molecule has 20 heavy (non-hydrogen) atoms. The number of carbonyl (C=O) groups excluding carboxylic acids is 1. The van der Waals surface area contributed by atoms with Crippen molar-refractivity contribution >= 4 is 33.3 Å². The van der Waals surface area contributed by atoms with Gasteiger partial charge in [0, 0.05) is 15.6 Å². The minimum atomic E-state index is -0.0275. The highest BCUT2D eigenvalue weighted by Crippen LogP contribution is 2.28. The molecule has 1 aliphatic rings. The zero-order valence-corrected chi connectivity index (χ0v) is 12.9. The van der Waals surface area contributed by atoms with Crippen molar-refractivity contribution in [3.63, 3.8) is 0 Å². The monoisotopic (exact) mass is 350 g/mol. The quantitative estimate of drug-likeness (QED) is 0.734. The molecule has 0 aromatic heterocycles. The lowest BCUT2D eigenvalue weighted by molar-refractivity contribution is 0.103. The number of rotatable bonds is 4. The Balaban J connectivity index is 1.80. The summed E-state index contributed by atoms with van der Waals surface area (Å²) in [5, 5.41) is 0.592. The molecule has 0 bridgehead atoms. The fraction of sp³-hybridized carbons (Fsp3) is 0.188. The fourth-order valence-corrected chi connectivity index (χ4v) is 2.36. The first kappa shape index (κ1) is 13.7. The summed E-state index contributed by atoms with van der Waals surface area (Å²) in [5.41, 5.74) is 1.25. The van der Waals surface area contributed by atoms with Gasteiger partial charge in [0.15, 0.2) is 5.78 Å². The maximum atomic E-state index is 12.4. The summed E-state index contributed by atoms with van der Waals surface area (Å²) in [5.74, 6) is 0.793. The first-order valence-corrected chi connectivity index (χ1v) is 7.57. The summed E-state index contributed by atoms with van der Waals surface area (Å²) in [6, 6.07) is 12.4. The zero-order chi connectivity index (χ0) is 14.1. The Kier molecular flexibility index (Phi) is 3.81. The van der Waals surface area contributed by atoms with E-state index in [9.17, 15) is 4.79 Å². The number of hydrogen-bond donors (Lipinski definition) is 0. The number of ether oxygens (including phenoxy) is 1. The van der Waals surface area contributed by atoms with E-state index < -0.39 is 0 Å². The Morgan fingerprint density at radius 2 is 1.75 bits per heavy atom. The summed E-state index contributed by atoms with van der Waals surface area (Å²) in [7, 11) is 0. The van der Waals surface area contributed by atoms with Gasteiger partial charge in [-0.25, -0.2) is 0 Å². The van der Waals surface area contributed by atoms with Crippen LogP contribution in [0.4, 0.5) is 0 Å². The van der Waals surface area contributed by atoms with Crippen molar-refractivity contribution in [2.75, 3.05) is 0 Å². The maximum absolute atomic E-state index is 12.4. The van der Waals surface area contributed by atoms with Crippen LogP contribution >= 0.6 is 27.5 Å². The van der Waals surface area contributed by atoms with Gasteiger partial charge >= 0.3 is 0 Å². The highest BCUT2D eigenvalue weighted by atomic mass is 79.9. The van der Waals surface area contributed by atoms with Crippen molar-refractivity contribution < 1.29 is 9.53 Å². The number of ketones is 1. The third-order valence-corrected chi connectivity index (χ3v) is 4.34. The Morgan fingerprint density at radius 3 is 2.35 bits per heavy atom. The number of hydrogen-bond acceptors (Lipinski definition) is 2. The molecule has 1 fully saturated rings. The molecule has 102 valence electrons. The Labute approximate surface area is 130 Å². The molecular weight excluding hydrogens is 340 g/mol. The molecule has 0 N–H and O–H groups in total. The van der Waals surface area contributed by atoms with Crippen LogP contribution in [-0.4, -0.2) is 11.9 Å². The standard InChI is InChI=1S/C16H12BrClO2/c17-14-9-11(3-8-15(14)18)16(19)10-1-4-12(5-2-10)20-13-6-7-13/h1-5,8-9,13H,6-7H2. The highest BCUT2D eigenvalue weighted by Gasteiger charge is 2.23. The van der Waals surface area contributed by atoms with Crippen LogP contribution in [0.15, 0.2) is 46.9 Å². The molecule has 0 heterocycles. The van der Waals surface area contributed by atoms with Crippen LogP contribution in [-0.2, 0) is 0 Å². The number of benzene rings is 2. The Bertz CT molecular complexity index is 648. The van der Waals surface area contributed by atoms with E-state index in [1.165, 1.54) is 0 Å². The molecule has 3 rings (SSSR count). The van der Waals surface area contributed by atoms with Gasteiger partial charge in [-0.3, -0.25) is 4.79 Å². The Hall–Kier alpha value is -1.32. The normalized spacial score (nSPS) is 14.1. The van der Waals surface area contributed by atoms with Gasteiger partial charge in [-0.15, -0.1) is 0 Å².